The van der Waals surface area contributed by atoms with E-state index in [2.05, 4.69) is 0 Å². The lowest BCUT2D eigenvalue weighted by molar-refractivity contribution is -0.0124. The molecule has 0 radical (unpaired) electrons. The van der Waals surface area contributed by atoms with E-state index in [0.717, 1.165) is 45.1 Å². The summed E-state index contributed by atoms with van der Waals surface area (Å²) in [5.41, 5.74) is 5.57. The van der Waals surface area contributed by atoms with E-state index in [1.807, 2.05) is 25.7 Å². The van der Waals surface area contributed by atoms with E-state index in [0.29, 0.717) is 6.54 Å². The number of aliphatic hydroxyl groups is 1. The molecule has 0 aromatic carbocycles. The number of likely N-dealkylation sites (tertiary alicyclic amines) is 1. The van der Waals surface area contributed by atoms with Crippen LogP contribution in [-0.2, 0) is 4.74 Å². The Kier molecular flexibility index (Phi) is 4.83. The fourth-order valence-electron chi connectivity index (χ4n) is 3.79. The van der Waals surface area contributed by atoms with Gasteiger partial charge in [0.25, 0.3) is 0 Å². The van der Waals surface area contributed by atoms with Crippen molar-refractivity contribution in [1.82, 2.24) is 4.90 Å². The van der Waals surface area contributed by atoms with Crippen LogP contribution >= 0.6 is 0 Å². The van der Waals surface area contributed by atoms with Crippen molar-refractivity contribution in [3.8, 4) is 0 Å². The van der Waals surface area contributed by atoms with Crippen molar-refractivity contribution in [2.24, 2.45) is 11.1 Å². The zero-order valence-electron chi connectivity index (χ0n) is 13.6. The quantitative estimate of drug-likeness (QED) is 0.820. The van der Waals surface area contributed by atoms with Gasteiger partial charge in [-0.1, -0.05) is 0 Å². The zero-order chi connectivity index (χ0) is 15.7. The van der Waals surface area contributed by atoms with Crippen LogP contribution in [0.15, 0.2) is 0 Å². The molecule has 5 nitrogen and oxygen atoms in total. The predicted octanol–water partition coefficient (Wildman–Crippen LogP) is 2.27. The molecule has 1 aliphatic carbocycles. The van der Waals surface area contributed by atoms with Crippen LogP contribution in [0.5, 0.6) is 0 Å². The third kappa shape index (κ3) is 3.69. The molecule has 1 amide bonds. The molecule has 3 N–H and O–H groups in total. The van der Waals surface area contributed by atoms with Crippen LogP contribution in [0, 0.1) is 5.41 Å². The molecule has 0 bridgehead atoms. The van der Waals surface area contributed by atoms with Crippen molar-refractivity contribution in [1.29, 1.82) is 0 Å². The Morgan fingerprint density at radius 3 is 2.48 bits per heavy atom. The number of rotatable bonds is 2. The van der Waals surface area contributed by atoms with Gasteiger partial charge in [0.15, 0.2) is 0 Å². The van der Waals surface area contributed by atoms with Crippen LogP contribution in [0.25, 0.3) is 0 Å². The SMILES string of the molecule is CC(C)(C)OC(=O)N1CCCC1C1(CN)CCC(O)CC1. The molecule has 122 valence electrons. The first kappa shape index (κ1) is 16.6. The molecule has 5 heteroatoms. The predicted molar refractivity (Wildman–Crippen MR) is 81.9 cm³/mol. The van der Waals surface area contributed by atoms with Gasteiger partial charge in [-0.15, -0.1) is 0 Å². The van der Waals surface area contributed by atoms with E-state index < -0.39 is 5.60 Å². The average molecular weight is 298 g/mol. The summed E-state index contributed by atoms with van der Waals surface area (Å²) in [5, 5.41) is 9.76. The number of amides is 1. The highest BCUT2D eigenvalue weighted by Gasteiger charge is 2.47. The smallest absolute Gasteiger partial charge is 0.410 e. The van der Waals surface area contributed by atoms with Gasteiger partial charge in [-0.05, 0) is 65.8 Å². The molecule has 1 saturated carbocycles. The first-order valence-electron chi connectivity index (χ1n) is 8.15. The topological polar surface area (TPSA) is 75.8 Å². The summed E-state index contributed by atoms with van der Waals surface area (Å²) in [6.45, 7) is 7.01. The highest BCUT2D eigenvalue weighted by Crippen LogP contribution is 2.44. The second kappa shape index (κ2) is 6.13. The van der Waals surface area contributed by atoms with Crippen molar-refractivity contribution < 1.29 is 14.6 Å². The van der Waals surface area contributed by atoms with E-state index in [1.165, 1.54) is 0 Å². The molecule has 2 aliphatic rings. The van der Waals surface area contributed by atoms with Crippen LogP contribution in [0.2, 0.25) is 0 Å². The van der Waals surface area contributed by atoms with E-state index in [9.17, 15) is 9.90 Å². The minimum absolute atomic E-state index is 0.0490. The second-order valence-electron chi connectivity index (χ2n) is 7.63. The maximum absolute atomic E-state index is 12.5. The molecule has 1 aliphatic heterocycles. The Hall–Kier alpha value is -0.810. The Morgan fingerprint density at radius 2 is 1.95 bits per heavy atom. The summed E-state index contributed by atoms with van der Waals surface area (Å²) in [5.74, 6) is 0. The van der Waals surface area contributed by atoms with Gasteiger partial charge in [0.1, 0.15) is 5.60 Å². The molecular formula is C16H30N2O3. The zero-order valence-corrected chi connectivity index (χ0v) is 13.6. The van der Waals surface area contributed by atoms with Gasteiger partial charge >= 0.3 is 6.09 Å². The van der Waals surface area contributed by atoms with E-state index >= 15 is 0 Å². The maximum Gasteiger partial charge on any atom is 0.410 e. The number of hydrogen-bond donors (Lipinski definition) is 2. The lowest BCUT2D eigenvalue weighted by Gasteiger charge is -2.46. The minimum atomic E-state index is -0.469. The Bertz CT molecular complexity index is 370. The Morgan fingerprint density at radius 1 is 1.33 bits per heavy atom. The van der Waals surface area contributed by atoms with Crippen molar-refractivity contribution in [3.05, 3.63) is 0 Å². The Balaban J connectivity index is 2.11. The lowest BCUT2D eigenvalue weighted by Crippen LogP contribution is -2.53. The van der Waals surface area contributed by atoms with Gasteiger partial charge in [-0.25, -0.2) is 4.79 Å². The molecule has 0 aromatic rings. The molecular weight excluding hydrogens is 268 g/mol. The second-order valence-corrected chi connectivity index (χ2v) is 7.63. The van der Waals surface area contributed by atoms with Crippen LogP contribution < -0.4 is 5.73 Å². The average Bonchev–Trinajstić information content (AvgIpc) is 2.88. The summed E-state index contributed by atoms with van der Waals surface area (Å²) in [6.07, 6.45) is 4.94. The Labute approximate surface area is 127 Å². The molecule has 2 fully saturated rings. The summed E-state index contributed by atoms with van der Waals surface area (Å²) < 4.78 is 5.55. The van der Waals surface area contributed by atoms with Crippen LogP contribution in [0.1, 0.15) is 59.3 Å². The van der Waals surface area contributed by atoms with Crippen molar-refractivity contribution in [2.45, 2.75) is 77.0 Å². The van der Waals surface area contributed by atoms with Gasteiger partial charge in [0.05, 0.1) is 6.10 Å². The van der Waals surface area contributed by atoms with Crippen LogP contribution in [-0.4, -0.2) is 46.9 Å². The number of hydrogen-bond acceptors (Lipinski definition) is 4. The molecule has 1 saturated heterocycles. The molecule has 1 unspecified atom stereocenters. The third-order valence-corrected chi connectivity index (χ3v) is 4.95. The number of nitrogens with two attached hydrogens (primary N) is 1. The molecule has 1 atom stereocenters. The molecule has 0 aromatic heterocycles. The largest absolute Gasteiger partial charge is 0.444 e. The van der Waals surface area contributed by atoms with Gasteiger partial charge in [0.2, 0.25) is 0 Å². The summed E-state index contributed by atoms with van der Waals surface area (Å²) in [4.78, 5) is 14.3. The number of aliphatic hydroxyl groups excluding tert-OH is 1. The van der Waals surface area contributed by atoms with Gasteiger partial charge in [0, 0.05) is 18.0 Å². The number of carbonyl (C=O) groups is 1. The molecule has 0 spiro atoms. The van der Waals surface area contributed by atoms with Crippen molar-refractivity contribution >= 4 is 6.09 Å². The highest BCUT2D eigenvalue weighted by molar-refractivity contribution is 5.69. The number of nitrogens with zero attached hydrogens (tertiary/aromatic N) is 1. The summed E-state index contributed by atoms with van der Waals surface area (Å²) in [7, 11) is 0. The normalized spacial score (nSPS) is 34.0. The summed E-state index contributed by atoms with van der Waals surface area (Å²) in [6, 6.07) is 0.157. The first-order chi connectivity index (χ1) is 9.77. The standard InChI is InChI=1S/C16H30N2O3/c1-15(2,3)21-14(20)18-10-4-5-13(18)16(11-17)8-6-12(19)7-9-16/h12-13,19H,4-11,17H2,1-3H3. The summed E-state index contributed by atoms with van der Waals surface area (Å²) >= 11 is 0. The van der Waals surface area contributed by atoms with Crippen LogP contribution in [0.4, 0.5) is 4.79 Å². The number of carbonyl (C=O) groups excluding carboxylic acids is 1. The fraction of sp³-hybridized carbons (Fsp3) is 0.938. The lowest BCUT2D eigenvalue weighted by atomic mass is 9.67. The monoisotopic (exact) mass is 298 g/mol. The molecule has 2 rings (SSSR count). The fourth-order valence-corrected chi connectivity index (χ4v) is 3.79. The van der Waals surface area contributed by atoms with Gasteiger partial charge in [-0.2, -0.15) is 0 Å². The molecule has 21 heavy (non-hydrogen) atoms. The number of ether oxygens (including phenoxy) is 1. The van der Waals surface area contributed by atoms with Gasteiger partial charge < -0.3 is 20.5 Å². The van der Waals surface area contributed by atoms with E-state index in [1.54, 1.807) is 0 Å². The van der Waals surface area contributed by atoms with E-state index in [-0.39, 0.29) is 23.7 Å². The van der Waals surface area contributed by atoms with Crippen molar-refractivity contribution in [2.75, 3.05) is 13.1 Å². The van der Waals surface area contributed by atoms with Gasteiger partial charge in [-0.3, -0.25) is 0 Å². The molecule has 1 heterocycles. The maximum atomic E-state index is 12.5. The minimum Gasteiger partial charge on any atom is -0.444 e. The van der Waals surface area contributed by atoms with Crippen LogP contribution in [0.3, 0.4) is 0 Å². The van der Waals surface area contributed by atoms with E-state index in [4.69, 9.17) is 10.5 Å². The van der Waals surface area contributed by atoms with Crippen molar-refractivity contribution in [3.63, 3.8) is 0 Å². The third-order valence-electron chi connectivity index (χ3n) is 4.95. The highest BCUT2D eigenvalue weighted by atomic mass is 16.6. The first-order valence-corrected chi connectivity index (χ1v) is 8.15.